The lowest BCUT2D eigenvalue weighted by atomic mass is 10.0. The van der Waals surface area contributed by atoms with Crippen LogP contribution in [0, 0.1) is 0 Å². The molecule has 0 bridgehead atoms. The number of carbonyl (C=O) groups excluding carboxylic acids is 4. The number of amides is 2. The fourth-order valence-electron chi connectivity index (χ4n) is 2.34. The molecular formula is C18H24N2O6. The number of ether oxygens (including phenoxy) is 2. The second-order valence-electron chi connectivity index (χ2n) is 5.49. The van der Waals surface area contributed by atoms with Crippen LogP contribution in [0.25, 0.3) is 0 Å². The summed E-state index contributed by atoms with van der Waals surface area (Å²) in [5.41, 5.74) is 1.68. The molecule has 8 heteroatoms. The predicted molar refractivity (Wildman–Crippen MR) is 95.7 cm³/mol. The minimum atomic E-state index is -0.464. The molecule has 0 spiro atoms. The fraction of sp³-hybridized carbons (Fsp3) is 0.444. The molecule has 26 heavy (non-hydrogen) atoms. The molecule has 1 aromatic rings. The molecule has 0 aliphatic rings. The molecule has 0 heterocycles. The van der Waals surface area contributed by atoms with E-state index in [-0.39, 0.29) is 37.9 Å². The van der Waals surface area contributed by atoms with E-state index in [1.807, 2.05) is 0 Å². The van der Waals surface area contributed by atoms with Gasteiger partial charge in [0.05, 0.1) is 26.1 Å². The standard InChI is InChI=1S/C18H24N2O6/c1-5-25-17(23)8-13-7-14(9-18(24)26-6-2)16(20-12(4)22)10-15(13)19-11(3)21/h7,10H,5-6,8-9H2,1-4H3,(H,19,21)(H,20,22). The highest BCUT2D eigenvalue weighted by atomic mass is 16.5. The van der Waals surface area contributed by atoms with Gasteiger partial charge in [0.2, 0.25) is 11.8 Å². The summed E-state index contributed by atoms with van der Waals surface area (Å²) in [4.78, 5) is 46.6. The molecular weight excluding hydrogens is 340 g/mol. The van der Waals surface area contributed by atoms with Crippen LogP contribution < -0.4 is 10.6 Å². The molecule has 0 saturated carbocycles. The monoisotopic (exact) mass is 364 g/mol. The Kier molecular flexibility index (Phi) is 8.27. The molecule has 0 atom stereocenters. The second kappa shape index (κ2) is 10.2. The molecule has 0 aliphatic heterocycles. The van der Waals surface area contributed by atoms with E-state index in [9.17, 15) is 19.2 Å². The van der Waals surface area contributed by atoms with Crippen molar-refractivity contribution in [2.24, 2.45) is 0 Å². The van der Waals surface area contributed by atoms with Gasteiger partial charge >= 0.3 is 11.9 Å². The Labute approximate surface area is 152 Å². The first-order valence-electron chi connectivity index (χ1n) is 8.29. The summed E-state index contributed by atoms with van der Waals surface area (Å²) in [6, 6.07) is 3.11. The third kappa shape index (κ3) is 6.92. The number of benzene rings is 1. The van der Waals surface area contributed by atoms with E-state index in [1.165, 1.54) is 19.9 Å². The van der Waals surface area contributed by atoms with Crippen molar-refractivity contribution in [2.75, 3.05) is 23.8 Å². The summed E-state index contributed by atoms with van der Waals surface area (Å²) >= 11 is 0. The molecule has 0 aromatic heterocycles. The van der Waals surface area contributed by atoms with E-state index >= 15 is 0 Å². The quantitative estimate of drug-likeness (QED) is 0.681. The SMILES string of the molecule is CCOC(=O)Cc1cc(CC(=O)OCC)c(NC(C)=O)cc1NC(C)=O. The third-order valence-corrected chi connectivity index (χ3v) is 3.23. The van der Waals surface area contributed by atoms with E-state index in [0.717, 1.165) is 0 Å². The first-order chi connectivity index (χ1) is 12.3. The lowest BCUT2D eigenvalue weighted by Crippen LogP contribution is -2.17. The number of carbonyl (C=O) groups is 4. The van der Waals surface area contributed by atoms with Crippen molar-refractivity contribution in [1.82, 2.24) is 0 Å². The summed E-state index contributed by atoms with van der Waals surface area (Å²) in [5, 5.41) is 5.25. The van der Waals surface area contributed by atoms with Crippen LogP contribution in [0.5, 0.6) is 0 Å². The zero-order valence-corrected chi connectivity index (χ0v) is 15.4. The summed E-state index contributed by atoms with van der Waals surface area (Å²) in [7, 11) is 0. The van der Waals surface area contributed by atoms with Crippen LogP contribution in [0.15, 0.2) is 12.1 Å². The van der Waals surface area contributed by atoms with Crippen molar-refractivity contribution >= 4 is 35.1 Å². The van der Waals surface area contributed by atoms with Crippen molar-refractivity contribution < 1.29 is 28.7 Å². The highest BCUT2D eigenvalue weighted by Crippen LogP contribution is 2.27. The van der Waals surface area contributed by atoms with Crippen molar-refractivity contribution in [1.29, 1.82) is 0 Å². The first kappa shape index (κ1) is 21.1. The molecule has 8 nitrogen and oxygen atoms in total. The maximum absolute atomic E-state index is 11.9. The van der Waals surface area contributed by atoms with Gasteiger partial charge in [-0.25, -0.2) is 0 Å². The highest BCUT2D eigenvalue weighted by Gasteiger charge is 2.17. The molecule has 1 aromatic carbocycles. The average Bonchev–Trinajstić information content (AvgIpc) is 2.50. The number of esters is 2. The van der Waals surface area contributed by atoms with Crippen LogP contribution in [-0.2, 0) is 41.5 Å². The predicted octanol–water partition coefficient (Wildman–Crippen LogP) is 1.81. The number of anilines is 2. The molecule has 142 valence electrons. The molecule has 2 amide bonds. The maximum atomic E-state index is 11.9. The van der Waals surface area contributed by atoms with Crippen LogP contribution in [0.4, 0.5) is 11.4 Å². The Balaban J connectivity index is 3.34. The highest BCUT2D eigenvalue weighted by molar-refractivity contribution is 5.95. The smallest absolute Gasteiger partial charge is 0.310 e. The second-order valence-corrected chi connectivity index (χ2v) is 5.49. The van der Waals surface area contributed by atoms with E-state index < -0.39 is 11.9 Å². The third-order valence-electron chi connectivity index (χ3n) is 3.23. The molecule has 1 rings (SSSR count). The Morgan fingerprint density at radius 2 is 1.15 bits per heavy atom. The van der Waals surface area contributed by atoms with Gasteiger partial charge in [-0.3, -0.25) is 19.2 Å². The number of hydrogen-bond acceptors (Lipinski definition) is 6. The topological polar surface area (TPSA) is 111 Å². The number of nitrogens with one attached hydrogen (secondary N) is 2. The van der Waals surface area contributed by atoms with Crippen LogP contribution >= 0.6 is 0 Å². The van der Waals surface area contributed by atoms with Crippen LogP contribution in [-0.4, -0.2) is 37.0 Å². The largest absolute Gasteiger partial charge is 0.466 e. The molecule has 0 radical (unpaired) electrons. The van der Waals surface area contributed by atoms with Crippen LogP contribution in [0.1, 0.15) is 38.8 Å². The van der Waals surface area contributed by atoms with E-state index in [0.29, 0.717) is 22.5 Å². The molecule has 0 saturated heterocycles. The Hall–Kier alpha value is -2.90. The average molecular weight is 364 g/mol. The fourth-order valence-corrected chi connectivity index (χ4v) is 2.34. The molecule has 0 fully saturated rings. The summed E-state index contributed by atoms with van der Waals surface area (Å²) in [6.07, 6.45) is -0.167. The zero-order chi connectivity index (χ0) is 19.7. The zero-order valence-electron chi connectivity index (χ0n) is 15.4. The van der Waals surface area contributed by atoms with Gasteiger partial charge in [-0.05, 0) is 31.0 Å². The lowest BCUT2D eigenvalue weighted by Gasteiger charge is -2.16. The van der Waals surface area contributed by atoms with Gasteiger partial charge in [-0.15, -0.1) is 0 Å². The van der Waals surface area contributed by atoms with E-state index in [1.54, 1.807) is 19.9 Å². The summed E-state index contributed by atoms with van der Waals surface area (Å²) in [5.74, 6) is -1.59. The first-order valence-corrected chi connectivity index (χ1v) is 8.29. The minimum Gasteiger partial charge on any atom is -0.466 e. The van der Waals surface area contributed by atoms with Gasteiger partial charge in [-0.2, -0.15) is 0 Å². The van der Waals surface area contributed by atoms with Crippen molar-refractivity contribution in [3.05, 3.63) is 23.3 Å². The van der Waals surface area contributed by atoms with Crippen LogP contribution in [0.2, 0.25) is 0 Å². The van der Waals surface area contributed by atoms with Gasteiger partial charge in [0, 0.05) is 25.2 Å². The Bertz CT molecular complexity index is 644. The molecule has 2 N–H and O–H groups in total. The van der Waals surface area contributed by atoms with Crippen molar-refractivity contribution in [2.45, 2.75) is 40.5 Å². The van der Waals surface area contributed by atoms with Crippen molar-refractivity contribution in [3.63, 3.8) is 0 Å². The molecule has 0 aliphatic carbocycles. The normalized spacial score (nSPS) is 10.0. The van der Waals surface area contributed by atoms with E-state index in [4.69, 9.17) is 9.47 Å². The Morgan fingerprint density at radius 1 is 0.769 bits per heavy atom. The van der Waals surface area contributed by atoms with Gasteiger partial charge in [0.15, 0.2) is 0 Å². The molecule has 0 unspecified atom stereocenters. The van der Waals surface area contributed by atoms with Crippen LogP contribution in [0.3, 0.4) is 0 Å². The van der Waals surface area contributed by atoms with Gasteiger partial charge in [0.1, 0.15) is 0 Å². The summed E-state index contributed by atoms with van der Waals surface area (Å²) in [6.45, 7) is 6.51. The summed E-state index contributed by atoms with van der Waals surface area (Å²) < 4.78 is 9.89. The lowest BCUT2D eigenvalue weighted by molar-refractivity contribution is -0.143. The van der Waals surface area contributed by atoms with Gasteiger partial charge < -0.3 is 20.1 Å². The van der Waals surface area contributed by atoms with E-state index in [2.05, 4.69) is 10.6 Å². The van der Waals surface area contributed by atoms with Gasteiger partial charge in [0.25, 0.3) is 0 Å². The minimum absolute atomic E-state index is 0.0837. The van der Waals surface area contributed by atoms with Gasteiger partial charge in [-0.1, -0.05) is 6.07 Å². The maximum Gasteiger partial charge on any atom is 0.310 e. The van der Waals surface area contributed by atoms with Crippen molar-refractivity contribution in [3.8, 4) is 0 Å². The number of hydrogen-bond donors (Lipinski definition) is 2. The Morgan fingerprint density at radius 3 is 1.46 bits per heavy atom. The number of rotatable bonds is 8.